The Hall–Kier alpha value is -1.24. The smallest absolute Gasteiger partial charge is 0.258 e. The van der Waals surface area contributed by atoms with Gasteiger partial charge in [-0.2, -0.15) is 0 Å². The van der Waals surface area contributed by atoms with E-state index < -0.39 is 0 Å². The molecular weight excluding hydrogens is 272 g/mol. The fraction of sp³-hybridized carbons (Fsp3) is 0.571. The summed E-state index contributed by atoms with van der Waals surface area (Å²) >= 11 is 1.50. The van der Waals surface area contributed by atoms with Gasteiger partial charge in [-0.3, -0.25) is 14.1 Å². The largest absolute Gasteiger partial charge is 0.327 e. The van der Waals surface area contributed by atoms with Crippen molar-refractivity contribution in [3.05, 3.63) is 33.7 Å². The molecule has 1 aliphatic rings. The molecule has 0 aliphatic carbocycles. The Morgan fingerprint density at radius 3 is 3.20 bits per heavy atom. The minimum atomic E-state index is 0.00648. The molecule has 3 rings (SSSR count). The van der Waals surface area contributed by atoms with E-state index in [4.69, 9.17) is 5.73 Å². The van der Waals surface area contributed by atoms with Gasteiger partial charge in [0.25, 0.3) is 5.56 Å². The van der Waals surface area contributed by atoms with Crippen molar-refractivity contribution < 1.29 is 0 Å². The second-order valence-corrected chi connectivity index (χ2v) is 6.37. The highest BCUT2D eigenvalue weighted by Crippen LogP contribution is 2.20. The van der Waals surface area contributed by atoms with Crippen LogP contribution in [0.4, 0.5) is 0 Å². The Kier molecular flexibility index (Phi) is 3.87. The average Bonchev–Trinajstić information content (AvgIpc) is 2.90. The van der Waals surface area contributed by atoms with Crippen LogP contribution in [0.5, 0.6) is 0 Å². The van der Waals surface area contributed by atoms with Gasteiger partial charge in [0.15, 0.2) is 4.96 Å². The summed E-state index contributed by atoms with van der Waals surface area (Å²) in [5, 5.41) is 1.89. The van der Waals surface area contributed by atoms with E-state index in [-0.39, 0.29) is 5.56 Å². The van der Waals surface area contributed by atoms with Gasteiger partial charge >= 0.3 is 0 Å². The van der Waals surface area contributed by atoms with Gasteiger partial charge in [-0.15, -0.1) is 11.3 Å². The predicted octanol–water partition coefficient (Wildman–Crippen LogP) is 1.32. The Balaban J connectivity index is 1.77. The van der Waals surface area contributed by atoms with Crippen LogP contribution in [0.2, 0.25) is 0 Å². The van der Waals surface area contributed by atoms with Crippen molar-refractivity contribution in [2.75, 3.05) is 13.1 Å². The van der Waals surface area contributed by atoms with Gasteiger partial charge in [0.05, 0.1) is 5.69 Å². The van der Waals surface area contributed by atoms with Gasteiger partial charge in [-0.05, 0) is 12.3 Å². The second-order valence-electron chi connectivity index (χ2n) is 5.50. The van der Waals surface area contributed by atoms with Crippen molar-refractivity contribution in [2.24, 2.45) is 11.7 Å². The SMILES string of the molecule is CCC1CN(Cc2cc(=O)n3ccsc3n2)CCC1N. The molecule has 6 heteroatoms. The number of likely N-dealkylation sites (tertiary alicyclic amines) is 1. The lowest BCUT2D eigenvalue weighted by Gasteiger charge is -2.36. The van der Waals surface area contributed by atoms with Crippen molar-refractivity contribution >= 4 is 16.3 Å². The zero-order valence-corrected chi connectivity index (χ0v) is 12.5. The molecular formula is C14H20N4OS. The van der Waals surface area contributed by atoms with E-state index in [2.05, 4.69) is 16.8 Å². The van der Waals surface area contributed by atoms with Crippen LogP contribution in [0.15, 0.2) is 22.4 Å². The molecule has 2 unspecified atom stereocenters. The molecule has 108 valence electrons. The van der Waals surface area contributed by atoms with Crippen molar-refractivity contribution in [1.29, 1.82) is 0 Å². The van der Waals surface area contributed by atoms with Crippen LogP contribution in [-0.2, 0) is 6.54 Å². The summed E-state index contributed by atoms with van der Waals surface area (Å²) in [7, 11) is 0. The maximum atomic E-state index is 12.0. The first-order valence-electron chi connectivity index (χ1n) is 7.11. The molecule has 5 nitrogen and oxygen atoms in total. The molecule has 1 aliphatic heterocycles. The molecule has 0 spiro atoms. The summed E-state index contributed by atoms with van der Waals surface area (Å²) < 4.78 is 1.59. The van der Waals surface area contributed by atoms with Gasteiger partial charge in [0.2, 0.25) is 0 Å². The highest BCUT2D eigenvalue weighted by Gasteiger charge is 2.25. The third-order valence-corrected chi connectivity index (χ3v) is 4.90. The third-order valence-electron chi connectivity index (χ3n) is 4.14. The third kappa shape index (κ3) is 2.63. The number of nitrogens with zero attached hydrogens (tertiary/aromatic N) is 3. The summed E-state index contributed by atoms with van der Waals surface area (Å²) in [4.78, 5) is 19.7. The van der Waals surface area contributed by atoms with Crippen LogP contribution in [0.25, 0.3) is 4.96 Å². The van der Waals surface area contributed by atoms with E-state index in [0.717, 1.165) is 43.1 Å². The topological polar surface area (TPSA) is 63.6 Å². The predicted molar refractivity (Wildman–Crippen MR) is 81.0 cm³/mol. The van der Waals surface area contributed by atoms with Crippen LogP contribution in [0.1, 0.15) is 25.5 Å². The highest BCUT2D eigenvalue weighted by atomic mass is 32.1. The molecule has 0 aromatic carbocycles. The fourth-order valence-electron chi connectivity index (χ4n) is 2.90. The molecule has 0 saturated carbocycles. The van der Waals surface area contributed by atoms with E-state index in [9.17, 15) is 4.79 Å². The number of rotatable bonds is 3. The number of fused-ring (bicyclic) bond motifs is 1. The number of nitrogens with two attached hydrogens (primary N) is 1. The minimum absolute atomic E-state index is 0.00648. The highest BCUT2D eigenvalue weighted by molar-refractivity contribution is 7.15. The molecule has 2 N–H and O–H groups in total. The van der Waals surface area contributed by atoms with Crippen LogP contribution in [0, 0.1) is 5.92 Å². The average molecular weight is 292 g/mol. The van der Waals surface area contributed by atoms with Crippen molar-refractivity contribution in [2.45, 2.75) is 32.4 Å². The first kappa shape index (κ1) is 13.7. The molecule has 2 aromatic heterocycles. The molecule has 0 bridgehead atoms. The lowest BCUT2D eigenvalue weighted by Crippen LogP contribution is -2.46. The summed E-state index contributed by atoms with van der Waals surface area (Å²) in [6.07, 6.45) is 3.91. The maximum Gasteiger partial charge on any atom is 0.258 e. The summed E-state index contributed by atoms with van der Waals surface area (Å²) in [6.45, 7) is 4.93. The Morgan fingerprint density at radius 1 is 1.55 bits per heavy atom. The molecule has 0 amide bonds. The normalized spacial score (nSPS) is 24.3. The first-order chi connectivity index (χ1) is 9.67. The van der Waals surface area contributed by atoms with Crippen LogP contribution in [-0.4, -0.2) is 33.4 Å². The van der Waals surface area contributed by atoms with Crippen LogP contribution < -0.4 is 11.3 Å². The van der Waals surface area contributed by atoms with Crippen molar-refractivity contribution in [3.63, 3.8) is 0 Å². The van der Waals surface area contributed by atoms with Gasteiger partial charge in [-0.25, -0.2) is 4.98 Å². The number of thiazole rings is 1. The summed E-state index contributed by atoms with van der Waals surface area (Å²) in [6, 6.07) is 1.96. The van der Waals surface area contributed by atoms with Gasteiger partial charge < -0.3 is 5.73 Å². The Bertz CT molecular complexity index is 650. The zero-order chi connectivity index (χ0) is 14.1. The second kappa shape index (κ2) is 5.63. The number of piperidine rings is 1. The number of hydrogen-bond donors (Lipinski definition) is 1. The molecule has 1 saturated heterocycles. The quantitative estimate of drug-likeness (QED) is 0.926. The molecule has 0 radical (unpaired) electrons. The van der Waals surface area contributed by atoms with Crippen molar-refractivity contribution in [1.82, 2.24) is 14.3 Å². The lowest BCUT2D eigenvalue weighted by atomic mass is 9.90. The van der Waals surface area contributed by atoms with E-state index >= 15 is 0 Å². The van der Waals surface area contributed by atoms with E-state index in [0.29, 0.717) is 12.0 Å². The van der Waals surface area contributed by atoms with Gasteiger partial charge in [-0.1, -0.05) is 13.3 Å². The van der Waals surface area contributed by atoms with Gasteiger partial charge in [0.1, 0.15) is 0 Å². The van der Waals surface area contributed by atoms with Crippen LogP contribution >= 0.6 is 11.3 Å². The Labute approximate surface area is 122 Å². The maximum absolute atomic E-state index is 12.0. The number of hydrogen-bond acceptors (Lipinski definition) is 5. The molecule has 2 atom stereocenters. The minimum Gasteiger partial charge on any atom is -0.327 e. The molecule has 3 heterocycles. The van der Waals surface area contributed by atoms with E-state index in [1.54, 1.807) is 16.7 Å². The van der Waals surface area contributed by atoms with E-state index in [1.807, 2.05) is 5.38 Å². The summed E-state index contributed by atoms with van der Waals surface area (Å²) in [5.41, 5.74) is 7.01. The molecule has 20 heavy (non-hydrogen) atoms. The molecule has 1 fully saturated rings. The van der Waals surface area contributed by atoms with Crippen LogP contribution in [0.3, 0.4) is 0 Å². The Morgan fingerprint density at radius 2 is 2.40 bits per heavy atom. The van der Waals surface area contributed by atoms with E-state index in [1.165, 1.54) is 11.3 Å². The fourth-order valence-corrected chi connectivity index (χ4v) is 3.64. The zero-order valence-electron chi connectivity index (χ0n) is 11.7. The number of aromatic nitrogens is 2. The standard InChI is InChI=1S/C14H20N4OS/c1-2-10-8-17(4-3-12(10)15)9-11-7-13(19)18-5-6-20-14(18)16-11/h5-7,10,12H,2-4,8-9,15H2,1H3. The monoisotopic (exact) mass is 292 g/mol. The first-order valence-corrected chi connectivity index (χ1v) is 7.99. The summed E-state index contributed by atoms with van der Waals surface area (Å²) in [5.74, 6) is 0.551. The lowest BCUT2D eigenvalue weighted by molar-refractivity contribution is 0.144. The molecule has 2 aromatic rings. The van der Waals surface area contributed by atoms with Gasteiger partial charge in [0, 0.05) is 43.3 Å². The van der Waals surface area contributed by atoms with Crippen molar-refractivity contribution in [3.8, 4) is 0 Å².